The predicted molar refractivity (Wildman–Crippen MR) is 105 cm³/mol. The van der Waals surface area contributed by atoms with E-state index in [0.29, 0.717) is 17.2 Å². The lowest BCUT2D eigenvalue weighted by Crippen LogP contribution is -2.04. The lowest BCUT2D eigenvalue weighted by atomic mass is 10.0. The van der Waals surface area contributed by atoms with Gasteiger partial charge in [-0.3, -0.25) is 5.43 Å². The molecule has 7 heteroatoms. The van der Waals surface area contributed by atoms with E-state index in [1.54, 1.807) is 23.0 Å². The molecule has 0 radical (unpaired) electrons. The van der Waals surface area contributed by atoms with Crippen LogP contribution in [0.5, 0.6) is 5.75 Å². The Bertz CT molecular complexity index is 1150. The SMILES string of the molecule is Cc1cc(C)n(-c2cc(N/N=C/c3c(O)ccc4ccccc34)ncn2)n1. The molecule has 0 aliphatic heterocycles. The fraction of sp³-hybridized carbons (Fsp3) is 0.100. The van der Waals surface area contributed by atoms with E-state index in [0.717, 1.165) is 22.2 Å². The molecule has 2 aromatic carbocycles. The van der Waals surface area contributed by atoms with Gasteiger partial charge in [0.25, 0.3) is 0 Å². The molecule has 2 N–H and O–H groups in total. The van der Waals surface area contributed by atoms with Gasteiger partial charge in [-0.2, -0.15) is 10.2 Å². The van der Waals surface area contributed by atoms with Gasteiger partial charge < -0.3 is 5.11 Å². The van der Waals surface area contributed by atoms with Gasteiger partial charge in [-0.1, -0.05) is 30.3 Å². The van der Waals surface area contributed by atoms with Crippen molar-refractivity contribution in [1.29, 1.82) is 0 Å². The summed E-state index contributed by atoms with van der Waals surface area (Å²) in [4.78, 5) is 8.44. The van der Waals surface area contributed by atoms with Crippen LogP contribution in [-0.4, -0.2) is 31.1 Å². The molecule has 4 rings (SSSR count). The Labute approximate surface area is 156 Å². The molecule has 0 spiro atoms. The van der Waals surface area contributed by atoms with Crippen LogP contribution in [0.3, 0.4) is 0 Å². The number of hydrogen-bond donors (Lipinski definition) is 2. The largest absolute Gasteiger partial charge is 0.507 e. The van der Waals surface area contributed by atoms with Crippen molar-refractivity contribution in [3.8, 4) is 11.6 Å². The number of hydrogen-bond acceptors (Lipinski definition) is 6. The van der Waals surface area contributed by atoms with Crippen LogP contribution in [0.1, 0.15) is 17.0 Å². The molecule has 0 aliphatic carbocycles. The molecule has 0 unspecified atom stereocenters. The molecule has 0 atom stereocenters. The first-order chi connectivity index (χ1) is 13.1. The molecule has 0 bridgehead atoms. The highest BCUT2D eigenvalue weighted by molar-refractivity contribution is 6.02. The Morgan fingerprint density at radius 2 is 1.93 bits per heavy atom. The van der Waals surface area contributed by atoms with Crippen molar-refractivity contribution in [1.82, 2.24) is 19.7 Å². The maximum atomic E-state index is 10.2. The van der Waals surface area contributed by atoms with Crippen molar-refractivity contribution in [3.63, 3.8) is 0 Å². The third kappa shape index (κ3) is 3.35. The molecule has 0 saturated carbocycles. The van der Waals surface area contributed by atoms with Gasteiger partial charge in [0, 0.05) is 17.3 Å². The van der Waals surface area contributed by atoms with Gasteiger partial charge in [0.1, 0.15) is 12.1 Å². The average molecular weight is 358 g/mol. The second kappa shape index (κ2) is 6.87. The van der Waals surface area contributed by atoms with Gasteiger partial charge in [0.05, 0.1) is 11.9 Å². The number of nitrogens with zero attached hydrogens (tertiary/aromatic N) is 5. The standard InChI is InChI=1S/C20H18N6O/c1-13-9-14(2)26(25-13)20-10-19(21-12-22-20)24-23-11-17-16-6-4-3-5-15(16)7-8-18(17)27/h3-12,27H,1-2H3,(H,21,22,24)/b23-11+. The highest BCUT2D eigenvalue weighted by Gasteiger charge is 2.07. The summed E-state index contributed by atoms with van der Waals surface area (Å²) < 4.78 is 1.75. The van der Waals surface area contributed by atoms with E-state index >= 15 is 0 Å². The molecule has 4 aromatic rings. The van der Waals surface area contributed by atoms with Crippen LogP contribution < -0.4 is 5.43 Å². The monoisotopic (exact) mass is 358 g/mol. The first-order valence-corrected chi connectivity index (χ1v) is 8.47. The van der Waals surface area contributed by atoms with Crippen LogP contribution in [-0.2, 0) is 0 Å². The van der Waals surface area contributed by atoms with E-state index in [2.05, 4.69) is 25.6 Å². The number of aromatic hydroxyl groups is 1. The van der Waals surface area contributed by atoms with E-state index in [-0.39, 0.29) is 5.75 Å². The number of rotatable bonds is 4. The summed E-state index contributed by atoms with van der Waals surface area (Å²) in [6.45, 7) is 3.90. The number of fused-ring (bicyclic) bond motifs is 1. The van der Waals surface area contributed by atoms with Gasteiger partial charge >= 0.3 is 0 Å². The molecule has 2 aromatic heterocycles. The lowest BCUT2D eigenvalue weighted by Gasteiger charge is -2.06. The molecule has 27 heavy (non-hydrogen) atoms. The maximum Gasteiger partial charge on any atom is 0.159 e. The Balaban J connectivity index is 1.60. The zero-order valence-electron chi connectivity index (χ0n) is 15.0. The Kier molecular flexibility index (Phi) is 4.25. The molecular formula is C20H18N6O. The van der Waals surface area contributed by atoms with Gasteiger partial charge in [-0.25, -0.2) is 14.6 Å². The fourth-order valence-corrected chi connectivity index (χ4v) is 2.97. The number of aryl methyl sites for hydroxylation is 2. The predicted octanol–water partition coefficient (Wildman–Crippen LogP) is 3.58. The maximum absolute atomic E-state index is 10.2. The summed E-state index contributed by atoms with van der Waals surface area (Å²) in [5.74, 6) is 1.36. The summed E-state index contributed by atoms with van der Waals surface area (Å²) in [6, 6.07) is 15.1. The number of phenolic OH excluding ortho intramolecular Hbond substituents is 1. The zero-order chi connectivity index (χ0) is 18.8. The number of phenols is 1. The molecule has 134 valence electrons. The molecule has 2 heterocycles. The highest BCUT2D eigenvalue weighted by Crippen LogP contribution is 2.25. The van der Waals surface area contributed by atoms with Crippen molar-refractivity contribution in [2.24, 2.45) is 5.10 Å². The fourth-order valence-electron chi connectivity index (χ4n) is 2.97. The first-order valence-electron chi connectivity index (χ1n) is 8.47. The van der Waals surface area contributed by atoms with E-state index in [1.807, 2.05) is 50.2 Å². The van der Waals surface area contributed by atoms with E-state index in [9.17, 15) is 5.11 Å². The quantitative estimate of drug-likeness (QED) is 0.430. The average Bonchev–Trinajstić information content (AvgIpc) is 3.02. The van der Waals surface area contributed by atoms with Crippen molar-refractivity contribution >= 4 is 22.8 Å². The number of hydrazone groups is 1. The van der Waals surface area contributed by atoms with Crippen LogP contribution in [0.15, 0.2) is 60.0 Å². The normalized spacial score (nSPS) is 11.3. The number of aromatic nitrogens is 4. The third-order valence-corrected chi connectivity index (χ3v) is 4.20. The summed E-state index contributed by atoms with van der Waals surface area (Å²) in [5, 5.41) is 20.8. The molecule has 0 amide bonds. The van der Waals surface area contributed by atoms with Crippen LogP contribution >= 0.6 is 0 Å². The van der Waals surface area contributed by atoms with E-state index < -0.39 is 0 Å². The van der Waals surface area contributed by atoms with E-state index in [1.165, 1.54) is 6.33 Å². The van der Waals surface area contributed by atoms with Gasteiger partial charge in [0.2, 0.25) is 0 Å². The summed E-state index contributed by atoms with van der Waals surface area (Å²) in [5.41, 5.74) is 5.44. The van der Waals surface area contributed by atoms with Crippen LogP contribution in [0.2, 0.25) is 0 Å². The summed E-state index contributed by atoms with van der Waals surface area (Å²) >= 11 is 0. The topological polar surface area (TPSA) is 88.2 Å². The number of benzene rings is 2. The van der Waals surface area contributed by atoms with Crippen LogP contribution in [0.4, 0.5) is 5.82 Å². The Morgan fingerprint density at radius 3 is 2.74 bits per heavy atom. The van der Waals surface area contributed by atoms with Crippen molar-refractivity contribution < 1.29 is 5.11 Å². The first kappa shape index (κ1) is 16.7. The van der Waals surface area contributed by atoms with Crippen molar-refractivity contribution in [2.75, 3.05) is 5.43 Å². The smallest absolute Gasteiger partial charge is 0.159 e. The van der Waals surface area contributed by atoms with Crippen LogP contribution in [0, 0.1) is 13.8 Å². The minimum absolute atomic E-state index is 0.172. The minimum Gasteiger partial charge on any atom is -0.507 e. The van der Waals surface area contributed by atoms with Crippen LogP contribution in [0.25, 0.3) is 16.6 Å². The van der Waals surface area contributed by atoms with E-state index in [4.69, 9.17) is 0 Å². The molecule has 0 aliphatic rings. The zero-order valence-corrected chi connectivity index (χ0v) is 15.0. The Hall–Kier alpha value is -3.74. The molecular weight excluding hydrogens is 340 g/mol. The number of anilines is 1. The van der Waals surface area contributed by atoms with Crippen molar-refractivity contribution in [2.45, 2.75) is 13.8 Å². The Morgan fingerprint density at radius 1 is 1.07 bits per heavy atom. The number of nitrogens with one attached hydrogen (secondary N) is 1. The second-order valence-electron chi connectivity index (χ2n) is 6.19. The minimum atomic E-state index is 0.172. The summed E-state index contributed by atoms with van der Waals surface area (Å²) in [7, 11) is 0. The summed E-state index contributed by atoms with van der Waals surface area (Å²) in [6.07, 6.45) is 3.04. The lowest BCUT2D eigenvalue weighted by molar-refractivity contribution is 0.475. The van der Waals surface area contributed by atoms with Gasteiger partial charge in [-0.15, -0.1) is 0 Å². The van der Waals surface area contributed by atoms with Crippen molar-refractivity contribution in [3.05, 3.63) is 71.8 Å². The molecule has 0 fully saturated rings. The molecule has 7 nitrogen and oxygen atoms in total. The third-order valence-electron chi connectivity index (χ3n) is 4.20. The second-order valence-corrected chi connectivity index (χ2v) is 6.19. The highest BCUT2D eigenvalue weighted by atomic mass is 16.3. The molecule has 0 saturated heterocycles. The van der Waals surface area contributed by atoms with Gasteiger partial charge in [0.15, 0.2) is 11.6 Å². The van der Waals surface area contributed by atoms with Gasteiger partial charge in [-0.05, 0) is 36.8 Å².